The van der Waals surface area contributed by atoms with Gasteiger partial charge in [0.05, 0.1) is 0 Å². The van der Waals surface area contributed by atoms with Crippen LogP contribution in [0, 0.1) is 5.92 Å². The first-order chi connectivity index (χ1) is 8.18. The highest BCUT2D eigenvalue weighted by molar-refractivity contribution is 7.89. The van der Waals surface area contributed by atoms with Crippen molar-refractivity contribution in [2.45, 2.75) is 38.0 Å². The number of nitrogens with two attached hydrogens (primary N) is 1. The minimum atomic E-state index is -3.82. The van der Waals surface area contributed by atoms with E-state index in [-0.39, 0.29) is 18.9 Å². The molecule has 1 amide bonds. The van der Waals surface area contributed by atoms with Gasteiger partial charge in [-0.1, -0.05) is 20.3 Å². The lowest BCUT2D eigenvalue weighted by Crippen LogP contribution is -2.47. The maximum absolute atomic E-state index is 11.7. The molecule has 0 saturated carbocycles. The number of amides is 1. The van der Waals surface area contributed by atoms with Crippen molar-refractivity contribution in [2.75, 3.05) is 6.54 Å². The van der Waals surface area contributed by atoms with E-state index < -0.39 is 33.2 Å². The van der Waals surface area contributed by atoms with Crippen LogP contribution >= 0.6 is 0 Å². The van der Waals surface area contributed by atoms with Crippen LogP contribution in [0.2, 0.25) is 0 Å². The molecule has 0 radical (unpaired) electrons. The molecular weight excluding hydrogens is 260 g/mol. The Morgan fingerprint density at radius 1 is 1.61 bits per heavy atom. The number of aliphatic carboxylic acids is 1. The number of sulfonamides is 1. The highest BCUT2D eigenvalue weighted by Crippen LogP contribution is 2.24. The summed E-state index contributed by atoms with van der Waals surface area (Å²) in [7, 11) is -3.82. The van der Waals surface area contributed by atoms with Gasteiger partial charge in [0, 0.05) is 13.0 Å². The van der Waals surface area contributed by atoms with Crippen LogP contribution in [0.1, 0.15) is 26.7 Å². The van der Waals surface area contributed by atoms with Crippen LogP contribution in [0.3, 0.4) is 0 Å². The largest absolute Gasteiger partial charge is 0.480 e. The molecule has 18 heavy (non-hydrogen) atoms. The van der Waals surface area contributed by atoms with E-state index in [4.69, 9.17) is 10.2 Å². The van der Waals surface area contributed by atoms with Gasteiger partial charge in [0.15, 0.2) is 0 Å². The van der Waals surface area contributed by atoms with Gasteiger partial charge in [-0.25, -0.2) is 18.4 Å². The minimum absolute atomic E-state index is 0.140. The van der Waals surface area contributed by atoms with E-state index in [0.29, 0.717) is 6.42 Å². The fourth-order valence-corrected chi connectivity index (χ4v) is 2.84. The van der Waals surface area contributed by atoms with Crippen molar-refractivity contribution in [2.24, 2.45) is 11.1 Å². The summed E-state index contributed by atoms with van der Waals surface area (Å²) in [5, 5.41) is 13.2. The quantitative estimate of drug-likeness (QED) is 0.694. The fourth-order valence-electron chi connectivity index (χ4n) is 2.09. The average molecular weight is 278 g/mol. The van der Waals surface area contributed by atoms with Crippen molar-refractivity contribution < 1.29 is 23.1 Å². The third-order valence-corrected chi connectivity index (χ3v) is 4.60. The first-order valence-electron chi connectivity index (χ1n) is 5.72. The number of rotatable bonds is 5. The first kappa shape index (κ1) is 14.9. The molecule has 8 heteroatoms. The Balaban J connectivity index is 2.95. The third-order valence-electron chi connectivity index (χ3n) is 3.36. The van der Waals surface area contributed by atoms with Gasteiger partial charge in [-0.05, 0) is 5.92 Å². The molecule has 104 valence electrons. The monoisotopic (exact) mass is 278 g/mol. The zero-order chi connectivity index (χ0) is 14.1. The van der Waals surface area contributed by atoms with Crippen molar-refractivity contribution in [1.29, 1.82) is 0 Å². The lowest BCUT2D eigenvalue weighted by Gasteiger charge is -2.28. The van der Waals surface area contributed by atoms with E-state index in [0.717, 1.165) is 4.90 Å². The zero-order valence-electron chi connectivity index (χ0n) is 10.4. The van der Waals surface area contributed by atoms with E-state index >= 15 is 0 Å². The SMILES string of the molecule is CCC(C)C(C(=O)O)N1CC(S(N)(=O)=O)CC1=O. The normalized spacial score (nSPS) is 24.1. The molecule has 1 saturated heterocycles. The van der Waals surface area contributed by atoms with Gasteiger partial charge >= 0.3 is 5.97 Å². The summed E-state index contributed by atoms with van der Waals surface area (Å²) in [4.78, 5) is 24.1. The summed E-state index contributed by atoms with van der Waals surface area (Å²) in [5.41, 5.74) is 0. The van der Waals surface area contributed by atoms with Crippen molar-refractivity contribution in [3.8, 4) is 0 Å². The number of primary sulfonamides is 1. The molecule has 0 aromatic rings. The highest BCUT2D eigenvalue weighted by Gasteiger charge is 2.43. The Morgan fingerprint density at radius 3 is 2.50 bits per heavy atom. The molecule has 1 aliphatic rings. The fraction of sp³-hybridized carbons (Fsp3) is 0.800. The maximum Gasteiger partial charge on any atom is 0.326 e. The summed E-state index contributed by atoms with van der Waals surface area (Å²) >= 11 is 0. The van der Waals surface area contributed by atoms with Crippen LogP contribution in [0.4, 0.5) is 0 Å². The molecule has 3 unspecified atom stereocenters. The summed E-state index contributed by atoms with van der Waals surface area (Å²) in [5.74, 6) is -1.83. The molecule has 0 aliphatic carbocycles. The molecule has 1 aliphatic heterocycles. The number of carbonyl (C=O) groups is 2. The van der Waals surface area contributed by atoms with Gasteiger partial charge < -0.3 is 10.0 Å². The summed E-state index contributed by atoms with van der Waals surface area (Å²) in [6.45, 7) is 3.40. The summed E-state index contributed by atoms with van der Waals surface area (Å²) < 4.78 is 22.4. The molecular formula is C10H18N2O5S. The number of carbonyl (C=O) groups excluding carboxylic acids is 1. The number of hydrogen-bond acceptors (Lipinski definition) is 4. The zero-order valence-corrected chi connectivity index (χ0v) is 11.2. The molecule has 1 rings (SSSR count). The Morgan fingerprint density at radius 2 is 2.17 bits per heavy atom. The Kier molecular flexibility index (Phi) is 4.33. The van der Waals surface area contributed by atoms with Crippen LogP contribution in [0.25, 0.3) is 0 Å². The highest BCUT2D eigenvalue weighted by atomic mass is 32.2. The van der Waals surface area contributed by atoms with Gasteiger partial charge in [-0.3, -0.25) is 4.79 Å². The molecule has 0 bridgehead atoms. The first-order valence-corrected chi connectivity index (χ1v) is 7.33. The van der Waals surface area contributed by atoms with Crippen LogP contribution in [0.5, 0.6) is 0 Å². The third kappa shape index (κ3) is 2.99. The number of hydrogen-bond donors (Lipinski definition) is 2. The number of carboxylic acid groups (broad SMARTS) is 1. The topological polar surface area (TPSA) is 118 Å². The molecule has 0 spiro atoms. The Bertz CT molecular complexity index is 447. The van der Waals surface area contributed by atoms with Crippen molar-refractivity contribution >= 4 is 21.9 Å². The van der Waals surface area contributed by atoms with E-state index in [1.54, 1.807) is 6.92 Å². The summed E-state index contributed by atoms with van der Waals surface area (Å²) in [6.07, 6.45) is 0.347. The Hall–Kier alpha value is -1.15. The summed E-state index contributed by atoms with van der Waals surface area (Å²) in [6, 6.07) is -0.991. The molecule has 7 nitrogen and oxygen atoms in total. The second-order valence-corrected chi connectivity index (χ2v) is 6.47. The standard InChI is InChI=1S/C10H18N2O5S/c1-3-6(2)9(10(14)15)12-5-7(4-8(12)13)18(11,16)17/h6-7,9H,3-5H2,1-2H3,(H,14,15)(H2,11,16,17). The maximum atomic E-state index is 11.7. The molecule has 1 fully saturated rings. The van der Waals surface area contributed by atoms with Crippen LogP contribution < -0.4 is 5.14 Å². The second kappa shape index (κ2) is 5.23. The van der Waals surface area contributed by atoms with E-state index in [2.05, 4.69) is 0 Å². The van der Waals surface area contributed by atoms with Crippen LogP contribution in [0.15, 0.2) is 0 Å². The molecule has 1 heterocycles. The average Bonchev–Trinajstić information content (AvgIpc) is 2.60. The van der Waals surface area contributed by atoms with E-state index in [1.807, 2.05) is 6.92 Å². The predicted molar refractivity (Wildman–Crippen MR) is 64.1 cm³/mol. The van der Waals surface area contributed by atoms with Crippen molar-refractivity contribution in [3.05, 3.63) is 0 Å². The molecule has 0 aromatic carbocycles. The minimum Gasteiger partial charge on any atom is -0.480 e. The smallest absolute Gasteiger partial charge is 0.326 e. The van der Waals surface area contributed by atoms with E-state index in [9.17, 15) is 18.0 Å². The van der Waals surface area contributed by atoms with Crippen LogP contribution in [-0.2, 0) is 19.6 Å². The lowest BCUT2D eigenvalue weighted by atomic mass is 9.98. The number of carboxylic acids is 1. The Labute approximate surface area is 106 Å². The number of likely N-dealkylation sites (tertiary alicyclic amines) is 1. The van der Waals surface area contributed by atoms with Gasteiger partial charge in [0.25, 0.3) is 0 Å². The van der Waals surface area contributed by atoms with Gasteiger partial charge in [-0.15, -0.1) is 0 Å². The van der Waals surface area contributed by atoms with E-state index in [1.165, 1.54) is 0 Å². The second-order valence-electron chi connectivity index (χ2n) is 4.63. The van der Waals surface area contributed by atoms with Crippen molar-refractivity contribution in [1.82, 2.24) is 4.90 Å². The molecule has 3 atom stereocenters. The number of nitrogens with zero attached hydrogens (tertiary/aromatic N) is 1. The predicted octanol–water partition coefficient (Wildman–Crippen LogP) is -0.625. The van der Waals surface area contributed by atoms with Gasteiger partial charge in [0.2, 0.25) is 15.9 Å². The lowest BCUT2D eigenvalue weighted by molar-refractivity contribution is -0.150. The van der Waals surface area contributed by atoms with Gasteiger partial charge in [-0.2, -0.15) is 0 Å². The van der Waals surface area contributed by atoms with Crippen LogP contribution in [-0.4, -0.2) is 48.1 Å². The molecule has 0 aromatic heterocycles. The van der Waals surface area contributed by atoms with Gasteiger partial charge in [0.1, 0.15) is 11.3 Å². The van der Waals surface area contributed by atoms with Crippen molar-refractivity contribution in [3.63, 3.8) is 0 Å². The molecule has 3 N–H and O–H groups in total.